The van der Waals surface area contributed by atoms with Gasteiger partial charge in [-0.2, -0.15) is 4.52 Å². The first-order chi connectivity index (χ1) is 12.2. The molecule has 0 amide bonds. The van der Waals surface area contributed by atoms with E-state index in [0.29, 0.717) is 0 Å². The van der Waals surface area contributed by atoms with E-state index in [1.54, 1.807) is 32.1 Å². The zero-order chi connectivity index (χ0) is 17.4. The van der Waals surface area contributed by atoms with E-state index < -0.39 is 0 Å². The van der Waals surface area contributed by atoms with Crippen LogP contribution in [0.5, 0.6) is 5.88 Å². The number of thiazole rings is 1. The molecule has 1 saturated heterocycles. The number of rotatable bonds is 5. The van der Waals surface area contributed by atoms with Crippen molar-refractivity contribution in [3.8, 4) is 5.88 Å². The molecule has 1 atom stereocenters. The van der Waals surface area contributed by atoms with Gasteiger partial charge in [-0.25, -0.2) is 4.98 Å². The number of piperazine rings is 1. The summed E-state index contributed by atoms with van der Waals surface area (Å²) in [5.74, 6) is 1.05. The lowest BCUT2D eigenvalue weighted by Crippen LogP contribution is -3.28. The molecule has 0 aromatic carbocycles. The largest absolute Gasteiger partial charge is 0.492 e. The van der Waals surface area contributed by atoms with Crippen molar-refractivity contribution in [1.82, 2.24) is 14.6 Å². The number of nitrogens with one attached hydrogen (secondary N) is 2. The van der Waals surface area contributed by atoms with Gasteiger partial charge in [0.2, 0.25) is 10.8 Å². The fourth-order valence-electron chi connectivity index (χ4n) is 3.67. The first kappa shape index (κ1) is 17.0. The minimum atomic E-state index is 0.178. The van der Waals surface area contributed by atoms with Crippen molar-refractivity contribution < 1.29 is 14.9 Å². The van der Waals surface area contributed by atoms with Crippen LogP contribution in [0.25, 0.3) is 4.96 Å². The molecule has 0 saturated carbocycles. The van der Waals surface area contributed by atoms with E-state index in [-0.39, 0.29) is 11.9 Å². The molecule has 0 unspecified atom stereocenters. The number of quaternary nitrogens is 2. The molecule has 3 aromatic rings. The summed E-state index contributed by atoms with van der Waals surface area (Å²) >= 11 is 3.36. The van der Waals surface area contributed by atoms with Crippen LogP contribution in [0.1, 0.15) is 35.5 Å². The van der Waals surface area contributed by atoms with Crippen LogP contribution in [0.2, 0.25) is 0 Å². The second-order valence-corrected chi connectivity index (χ2v) is 8.56. The number of hydrogen-bond donors (Lipinski definition) is 3. The van der Waals surface area contributed by atoms with Gasteiger partial charge < -0.3 is 14.9 Å². The molecule has 0 bridgehead atoms. The van der Waals surface area contributed by atoms with Crippen molar-refractivity contribution in [3.05, 3.63) is 33.1 Å². The minimum absolute atomic E-state index is 0.178. The van der Waals surface area contributed by atoms with E-state index in [1.807, 2.05) is 6.92 Å². The average molecular weight is 380 g/mol. The van der Waals surface area contributed by atoms with Gasteiger partial charge in [0, 0.05) is 6.42 Å². The smallest absolute Gasteiger partial charge is 0.235 e. The van der Waals surface area contributed by atoms with E-state index >= 15 is 0 Å². The van der Waals surface area contributed by atoms with Crippen LogP contribution in [0, 0.1) is 0 Å². The molecule has 25 heavy (non-hydrogen) atoms. The van der Waals surface area contributed by atoms with Gasteiger partial charge in [0.05, 0.1) is 11.4 Å². The second kappa shape index (κ2) is 7.03. The van der Waals surface area contributed by atoms with Crippen molar-refractivity contribution in [2.24, 2.45) is 0 Å². The number of aromatic hydroxyl groups is 1. The fraction of sp³-hybridized carbons (Fsp3) is 0.529. The molecule has 0 spiro atoms. The Morgan fingerprint density at radius 2 is 2.08 bits per heavy atom. The van der Waals surface area contributed by atoms with Gasteiger partial charge >= 0.3 is 0 Å². The third-order valence-electron chi connectivity index (χ3n) is 5.16. The molecular formula is C17H25N5OS2+2. The highest BCUT2D eigenvalue weighted by Crippen LogP contribution is 2.36. The first-order valence-corrected chi connectivity index (χ1v) is 10.7. The lowest BCUT2D eigenvalue weighted by atomic mass is 10.1. The molecule has 3 N–H and O–H groups in total. The third-order valence-corrected chi connectivity index (χ3v) is 7.18. The number of likely N-dealkylation sites (N-methyl/N-ethyl adjacent to an activating group) is 1. The highest BCUT2D eigenvalue weighted by atomic mass is 32.1. The molecule has 8 heteroatoms. The number of aryl methyl sites for hydroxylation is 1. The molecular weight excluding hydrogens is 354 g/mol. The van der Waals surface area contributed by atoms with Crippen LogP contribution in [-0.2, 0) is 6.42 Å². The Bertz CT molecular complexity index is 833. The lowest BCUT2D eigenvalue weighted by molar-refractivity contribution is -1.02. The van der Waals surface area contributed by atoms with E-state index in [2.05, 4.69) is 34.5 Å². The molecule has 134 valence electrons. The normalized spacial score (nSPS) is 22.5. The number of fused-ring (bicyclic) bond motifs is 1. The zero-order valence-electron chi connectivity index (χ0n) is 14.7. The molecule has 1 aliphatic rings. The summed E-state index contributed by atoms with van der Waals surface area (Å²) in [6.07, 6.45) is 0.782. The average Bonchev–Trinajstić information content (AvgIpc) is 3.35. The van der Waals surface area contributed by atoms with Gasteiger partial charge in [-0.3, -0.25) is 0 Å². The highest BCUT2D eigenvalue weighted by Gasteiger charge is 2.36. The van der Waals surface area contributed by atoms with Crippen LogP contribution in [0.15, 0.2) is 17.5 Å². The lowest BCUT2D eigenvalue weighted by Gasteiger charge is -2.33. The molecule has 1 aliphatic heterocycles. The first-order valence-electron chi connectivity index (χ1n) is 9.00. The van der Waals surface area contributed by atoms with Crippen molar-refractivity contribution in [3.63, 3.8) is 0 Å². The molecule has 6 nitrogen and oxygen atoms in total. The topological polar surface area (TPSA) is 59.3 Å². The van der Waals surface area contributed by atoms with Crippen molar-refractivity contribution in [2.45, 2.75) is 26.3 Å². The minimum Gasteiger partial charge on any atom is -0.492 e. The van der Waals surface area contributed by atoms with Crippen LogP contribution < -0.4 is 9.80 Å². The van der Waals surface area contributed by atoms with E-state index in [9.17, 15) is 5.11 Å². The van der Waals surface area contributed by atoms with Gasteiger partial charge in [-0.05, 0) is 18.4 Å². The molecule has 0 aliphatic carbocycles. The summed E-state index contributed by atoms with van der Waals surface area (Å²) < 4.78 is 1.62. The van der Waals surface area contributed by atoms with Gasteiger partial charge in [-0.15, -0.1) is 16.4 Å². The van der Waals surface area contributed by atoms with Crippen molar-refractivity contribution in [1.29, 1.82) is 0 Å². The van der Waals surface area contributed by atoms with Crippen LogP contribution >= 0.6 is 22.7 Å². The number of thiophene rings is 1. The maximum Gasteiger partial charge on any atom is 0.235 e. The predicted molar refractivity (Wildman–Crippen MR) is 100 cm³/mol. The van der Waals surface area contributed by atoms with E-state index in [4.69, 9.17) is 0 Å². The second-order valence-electron chi connectivity index (χ2n) is 6.58. The Morgan fingerprint density at radius 1 is 1.28 bits per heavy atom. The Hall–Kier alpha value is -1.48. The van der Waals surface area contributed by atoms with E-state index in [1.165, 1.54) is 29.4 Å². The van der Waals surface area contributed by atoms with Crippen molar-refractivity contribution >= 4 is 27.6 Å². The van der Waals surface area contributed by atoms with Crippen LogP contribution in [0.3, 0.4) is 0 Å². The maximum atomic E-state index is 10.9. The van der Waals surface area contributed by atoms with Gasteiger partial charge in [0.15, 0.2) is 11.9 Å². The Labute approximate surface area is 155 Å². The standard InChI is InChI=1S/C17H23N5OS2/c1-3-13-18-17-22(19-13)16(23)15(25-17)14(12-6-5-11-24-12)21-9-7-20(4-2)8-10-21/h5-6,11,14,23H,3-4,7-10H2,1-2H3/p+2/t14-/m0/s1. The summed E-state index contributed by atoms with van der Waals surface area (Å²) in [5, 5.41) is 17.4. The number of aromatic nitrogens is 3. The summed E-state index contributed by atoms with van der Waals surface area (Å²) in [6, 6.07) is 4.47. The SMILES string of the molecule is CCc1nc2sc([C@H](c3cccs3)[NH+]3CC[NH+](CC)CC3)c(O)n2n1. The number of nitrogens with zero attached hydrogens (tertiary/aromatic N) is 3. The number of hydrogen-bond acceptors (Lipinski definition) is 5. The molecule has 0 radical (unpaired) electrons. The Morgan fingerprint density at radius 3 is 2.68 bits per heavy atom. The Kier molecular flexibility index (Phi) is 4.77. The van der Waals surface area contributed by atoms with Gasteiger partial charge in [-0.1, -0.05) is 24.3 Å². The Balaban J connectivity index is 1.71. The predicted octanol–water partition coefficient (Wildman–Crippen LogP) is 0.0130. The van der Waals surface area contributed by atoms with Crippen molar-refractivity contribution in [2.75, 3.05) is 32.7 Å². The van der Waals surface area contributed by atoms with Crippen LogP contribution in [0.4, 0.5) is 0 Å². The fourth-order valence-corrected chi connectivity index (χ4v) is 5.78. The molecule has 1 fully saturated rings. The molecule has 3 aromatic heterocycles. The highest BCUT2D eigenvalue weighted by molar-refractivity contribution is 7.17. The van der Waals surface area contributed by atoms with Crippen LogP contribution in [-0.4, -0.2) is 52.4 Å². The summed E-state index contributed by atoms with van der Waals surface area (Å²) in [4.78, 5) is 10.9. The van der Waals surface area contributed by atoms with Gasteiger partial charge in [0.25, 0.3) is 0 Å². The van der Waals surface area contributed by atoms with E-state index in [0.717, 1.165) is 35.2 Å². The summed E-state index contributed by atoms with van der Waals surface area (Å²) in [7, 11) is 0. The molecule has 4 rings (SSSR count). The maximum absolute atomic E-state index is 10.9. The van der Waals surface area contributed by atoms with Gasteiger partial charge in [0.1, 0.15) is 31.1 Å². The molecule has 4 heterocycles. The quantitative estimate of drug-likeness (QED) is 0.586. The monoisotopic (exact) mass is 379 g/mol. The summed E-state index contributed by atoms with van der Waals surface area (Å²) in [6.45, 7) is 10.1. The third kappa shape index (κ3) is 3.08. The summed E-state index contributed by atoms with van der Waals surface area (Å²) in [5.41, 5.74) is 0. The zero-order valence-corrected chi connectivity index (χ0v) is 16.3.